The highest BCUT2D eigenvalue weighted by atomic mass is 127. The van der Waals surface area contributed by atoms with Gasteiger partial charge in [-0.25, -0.2) is 4.57 Å². The van der Waals surface area contributed by atoms with Crippen molar-refractivity contribution >= 4 is 22.6 Å². The van der Waals surface area contributed by atoms with Gasteiger partial charge < -0.3 is 0 Å². The zero-order valence-corrected chi connectivity index (χ0v) is 8.91. The zero-order chi connectivity index (χ0) is 8.10. The fraction of sp³-hybridized carbons (Fsp3) is 0.444. The molecule has 0 amide bonds. The van der Waals surface area contributed by atoms with E-state index in [1.54, 1.807) is 0 Å². The van der Waals surface area contributed by atoms with Crippen molar-refractivity contribution in [1.82, 2.24) is 0 Å². The van der Waals surface area contributed by atoms with Crippen molar-refractivity contribution in [3.8, 4) is 0 Å². The molecule has 0 aliphatic rings. The van der Waals surface area contributed by atoms with Gasteiger partial charge in [0, 0.05) is 23.0 Å². The number of aromatic nitrogens is 1. The first-order valence-corrected chi connectivity index (χ1v) is 5.37. The lowest BCUT2D eigenvalue weighted by Crippen LogP contribution is -2.32. The highest BCUT2D eigenvalue weighted by Gasteiger charge is 1.96. The van der Waals surface area contributed by atoms with E-state index in [0.717, 1.165) is 6.54 Å². The molecule has 0 aliphatic carbocycles. The summed E-state index contributed by atoms with van der Waals surface area (Å²) in [5.41, 5.74) is 1.33. The molecule has 0 aromatic carbocycles. The minimum absolute atomic E-state index is 1.14. The first kappa shape index (κ1) is 8.97. The zero-order valence-electron chi connectivity index (χ0n) is 6.76. The SMILES string of the molecule is Cc1cc[n+](CCCI)cc1. The molecule has 1 aromatic heterocycles. The number of halogens is 1. The molecule has 1 rings (SSSR count). The quantitative estimate of drug-likeness (QED) is 0.446. The number of pyridine rings is 1. The van der Waals surface area contributed by atoms with Gasteiger partial charge in [-0.3, -0.25) is 0 Å². The van der Waals surface area contributed by atoms with Crippen LogP contribution in [-0.2, 0) is 6.54 Å². The van der Waals surface area contributed by atoms with Crippen molar-refractivity contribution in [3.05, 3.63) is 30.1 Å². The summed E-state index contributed by atoms with van der Waals surface area (Å²) in [5.74, 6) is 0. The Morgan fingerprint density at radius 2 is 2.00 bits per heavy atom. The molecule has 1 heterocycles. The van der Waals surface area contributed by atoms with Crippen molar-refractivity contribution < 1.29 is 4.57 Å². The van der Waals surface area contributed by atoms with Crippen molar-refractivity contribution in [2.24, 2.45) is 0 Å². The first-order chi connectivity index (χ1) is 5.33. The third-order valence-electron chi connectivity index (χ3n) is 1.61. The first-order valence-electron chi connectivity index (χ1n) is 3.84. The van der Waals surface area contributed by atoms with Gasteiger partial charge in [-0.05, 0) is 12.5 Å². The molecule has 0 fully saturated rings. The lowest BCUT2D eigenvalue weighted by atomic mass is 10.3. The van der Waals surface area contributed by atoms with Crippen molar-refractivity contribution in [2.75, 3.05) is 4.43 Å². The number of aryl methyl sites for hydroxylation is 2. The van der Waals surface area contributed by atoms with Gasteiger partial charge in [-0.2, -0.15) is 0 Å². The maximum Gasteiger partial charge on any atom is 0.169 e. The summed E-state index contributed by atoms with van der Waals surface area (Å²) in [6, 6.07) is 4.29. The number of rotatable bonds is 3. The Balaban J connectivity index is 2.52. The van der Waals surface area contributed by atoms with Crippen LogP contribution in [0.1, 0.15) is 12.0 Å². The van der Waals surface area contributed by atoms with Gasteiger partial charge in [0.15, 0.2) is 12.4 Å². The molecule has 0 saturated carbocycles. The maximum atomic E-state index is 2.41. The molecule has 0 spiro atoms. The molecule has 0 aliphatic heterocycles. The van der Waals surface area contributed by atoms with Gasteiger partial charge in [-0.1, -0.05) is 22.6 Å². The highest BCUT2D eigenvalue weighted by molar-refractivity contribution is 14.1. The van der Waals surface area contributed by atoms with Crippen LogP contribution in [0.25, 0.3) is 0 Å². The molecule has 0 atom stereocenters. The van der Waals surface area contributed by atoms with Gasteiger partial charge in [0.2, 0.25) is 0 Å². The molecule has 1 aromatic rings. The van der Waals surface area contributed by atoms with E-state index in [2.05, 4.69) is 58.6 Å². The minimum atomic E-state index is 1.14. The van der Waals surface area contributed by atoms with E-state index in [4.69, 9.17) is 0 Å². The van der Waals surface area contributed by atoms with Crippen LogP contribution in [0, 0.1) is 6.92 Å². The molecule has 0 N–H and O–H groups in total. The van der Waals surface area contributed by atoms with E-state index in [1.165, 1.54) is 16.4 Å². The Labute approximate surface area is 81.6 Å². The molecule has 2 heteroatoms. The van der Waals surface area contributed by atoms with Crippen molar-refractivity contribution in [1.29, 1.82) is 0 Å². The molecule has 11 heavy (non-hydrogen) atoms. The number of alkyl halides is 1. The summed E-state index contributed by atoms with van der Waals surface area (Å²) < 4.78 is 3.46. The molecule has 0 bridgehead atoms. The lowest BCUT2D eigenvalue weighted by molar-refractivity contribution is -0.696. The number of nitrogens with zero attached hydrogens (tertiary/aromatic N) is 1. The van der Waals surface area contributed by atoms with E-state index in [0.29, 0.717) is 0 Å². The van der Waals surface area contributed by atoms with E-state index in [9.17, 15) is 0 Å². The smallest absolute Gasteiger partial charge is 0.169 e. The summed E-state index contributed by atoms with van der Waals surface area (Å²) in [7, 11) is 0. The Kier molecular flexibility index (Phi) is 3.83. The van der Waals surface area contributed by atoms with E-state index >= 15 is 0 Å². The summed E-state index contributed by atoms with van der Waals surface area (Å²) in [6.45, 7) is 3.26. The van der Waals surface area contributed by atoms with E-state index in [1.807, 2.05) is 0 Å². The fourth-order valence-corrected chi connectivity index (χ4v) is 1.26. The summed E-state index contributed by atoms with van der Waals surface area (Å²) in [6.07, 6.45) is 5.54. The largest absolute Gasteiger partial charge is 0.205 e. The van der Waals surface area contributed by atoms with Gasteiger partial charge in [0.1, 0.15) is 6.54 Å². The second kappa shape index (κ2) is 4.70. The van der Waals surface area contributed by atoms with Crippen LogP contribution >= 0.6 is 22.6 Å². The van der Waals surface area contributed by atoms with Crippen LogP contribution in [0.15, 0.2) is 24.5 Å². The lowest BCUT2D eigenvalue weighted by Gasteiger charge is -1.93. The minimum Gasteiger partial charge on any atom is -0.205 e. The second-order valence-electron chi connectivity index (χ2n) is 2.66. The number of hydrogen-bond donors (Lipinski definition) is 0. The summed E-state index contributed by atoms with van der Waals surface area (Å²) in [4.78, 5) is 0. The van der Waals surface area contributed by atoms with Crippen LogP contribution in [0.3, 0.4) is 0 Å². The third-order valence-corrected chi connectivity index (χ3v) is 2.37. The molecule has 60 valence electrons. The average Bonchev–Trinajstić information content (AvgIpc) is 2.04. The van der Waals surface area contributed by atoms with Crippen LogP contribution in [-0.4, -0.2) is 4.43 Å². The highest BCUT2D eigenvalue weighted by Crippen LogP contribution is 1.91. The molecule has 0 radical (unpaired) electrons. The topological polar surface area (TPSA) is 3.88 Å². The van der Waals surface area contributed by atoms with Gasteiger partial charge in [0.25, 0.3) is 0 Å². The van der Waals surface area contributed by atoms with E-state index < -0.39 is 0 Å². The predicted molar refractivity (Wildman–Crippen MR) is 54.9 cm³/mol. The molecular formula is C9H13IN+. The van der Waals surface area contributed by atoms with Gasteiger partial charge in [0.05, 0.1) is 0 Å². The maximum absolute atomic E-state index is 2.41. The summed E-state index contributed by atoms with van der Waals surface area (Å²) >= 11 is 2.41. The van der Waals surface area contributed by atoms with Crippen molar-refractivity contribution in [3.63, 3.8) is 0 Å². The molecule has 0 unspecified atom stereocenters. The average molecular weight is 262 g/mol. The van der Waals surface area contributed by atoms with Crippen LogP contribution in [0.5, 0.6) is 0 Å². The Hall–Kier alpha value is -0.120. The standard InChI is InChI=1S/C9H13IN/c1-9-3-7-11(8-4-9)6-2-5-10/h3-4,7-8H,2,5-6H2,1H3/q+1. The normalized spacial score (nSPS) is 10.0. The van der Waals surface area contributed by atoms with Crippen molar-refractivity contribution in [2.45, 2.75) is 19.9 Å². The Morgan fingerprint density at radius 3 is 2.55 bits per heavy atom. The van der Waals surface area contributed by atoms with Crippen LogP contribution in [0.4, 0.5) is 0 Å². The Morgan fingerprint density at radius 1 is 1.36 bits per heavy atom. The number of hydrogen-bond acceptors (Lipinski definition) is 0. The third kappa shape index (κ3) is 3.18. The van der Waals surface area contributed by atoms with Crippen LogP contribution in [0.2, 0.25) is 0 Å². The van der Waals surface area contributed by atoms with Crippen LogP contribution < -0.4 is 4.57 Å². The van der Waals surface area contributed by atoms with E-state index in [-0.39, 0.29) is 0 Å². The van der Waals surface area contributed by atoms with Gasteiger partial charge in [-0.15, -0.1) is 0 Å². The summed E-state index contributed by atoms with van der Waals surface area (Å²) in [5, 5.41) is 0. The molecule has 1 nitrogen and oxygen atoms in total. The fourth-order valence-electron chi connectivity index (χ4n) is 0.923. The molecular weight excluding hydrogens is 249 g/mol. The predicted octanol–water partition coefficient (Wildman–Crippen LogP) is 2.11. The molecule has 0 saturated heterocycles. The second-order valence-corrected chi connectivity index (χ2v) is 3.73. The Bertz CT molecular complexity index is 205. The van der Waals surface area contributed by atoms with Gasteiger partial charge >= 0.3 is 0 Å². The monoisotopic (exact) mass is 262 g/mol.